The van der Waals surface area contributed by atoms with Crippen molar-refractivity contribution in [3.8, 4) is 5.75 Å². The van der Waals surface area contributed by atoms with Crippen molar-refractivity contribution in [2.75, 3.05) is 40.0 Å². The number of carbonyl (C=O) groups is 3. The third-order valence-electron chi connectivity index (χ3n) is 5.06. The van der Waals surface area contributed by atoms with Crippen molar-refractivity contribution in [3.05, 3.63) is 23.8 Å². The maximum Gasteiger partial charge on any atom is 0.409 e. The van der Waals surface area contributed by atoms with Gasteiger partial charge >= 0.3 is 18.2 Å². The average Bonchev–Trinajstić information content (AvgIpc) is 2.81. The summed E-state index contributed by atoms with van der Waals surface area (Å²) in [5.74, 6) is -1.53. The number of nitrogens with two attached hydrogens (primary N) is 1. The maximum absolute atomic E-state index is 12.1. The molecule has 1 heterocycles. The molecule has 1 saturated heterocycles. The third kappa shape index (κ3) is 6.60. The number of aliphatic hydroxyl groups excluding tert-OH is 3. The number of carboxylic acids is 1. The van der Waals surface area contributed by atoms with Gasteiger partial charge in [-0.05, 0) is 17.7 Å². The number of amides is 2. The van der Waals surface area contributed by atoms with Gasteiger partial charge in [0.05, 0.1) is 12.8 Å². The Morgan fingerprint density at radius 3 is 2.21 bits per heavy atom. The van der Waals surface area contributed by atoms with Crippen LogP contribution in [0.3, 0.4) is 0 Å². The number of anilines is 1. The van der Waals surface area contributed by atoms with Gasteiger partial charge in [-0.25, -0.2) is 14.4 Å². The molecule has 6 N–H and O–H groups in total. The number of nitrogens with zero attached hydrogens (tertiary/aromatic N) is 2. The van der Waals surface area contributed by atoms with Crippen LogP contribution >= 0.6 is 0 Å². The van der Waals surface area contributed by atoms with E-state index >= 15 is 0 Å². The number of ether oxygens (including phenoxy) is 4. The Kier molecular flexibility index (Phi) is 9.26. The molecule has 0 saturated carbocycles. The Morgan fingerprint density at radius 2 is 1.65 bits per heavy atom. The molecule has 14 heteroatoms. The van der Waals surface area contributed by atoms with Gasteiger partial charge in [0.1, 0.15) is 30.7 Å². The molecule has 0 aromatic heterocycles. The molecule has 1 aliphatic rings. The highest BCUT2D eigenvalue weighted by molar-refractivity contribution is 5.73. The SMILES string of the molecule is COC(=O)N(C)CCN(C)C(=O)OCc1ccc(OC2OC(C(=O)O)C(O)C(O)C2O)c(N)c1. The van der Waals surface area contributed by atoms with Gasteiger partial charge in [-0.1, -0.05) is 6.07 Å². The molecule has 1 aromatic rings. The number of rotatable bonds is 8. The number of nitrogen functional groups attached to an aromatic ring is 1. The Balaban J connectivity index is 1.93. The van der Waals surface area contributed by atoms with Crippen molar-refractivity contribution in [1.29, 1.82) is 0 Å². The second-order valence-corrected chi connectivity index (χ2v) is 7.59. The molecule has 2 amide bonds. The van der Waals surface area contributed by atoms with E-state index in [1.54, 1.807) is 0 Å². The summed E-state index contributed by atoms with van der Waals surface area (Å²) in [6, 6.07) is 4.33. The van der Waals surface area contributed by atoms with Crippen LogP contribution in [-0.2, 0) is 25.6 Å². The van der Waals surface area contributed by atoms with E-state index in [1.165, 1.54) is 49.2 Å². The van der Waals surface area contributed by atoms with E-state index in [9.17, 15) is 29.7 Å². The van der Waals surface area contributed by atoms with Crippen LogP contribution in [0.2, 0.25) is 0 Å². The van der Waals surface area contributed by atoms with Gasteiger partial charge in [-0.2, -0.15) is 0 Å². The molecule has 0 aliphatic carbocycles. The fraction of sp³-hybridized carbons (Fsp3) is 0.550. The lowest BCUT2D eigenvalue weighted by atomic mass is 9.99. The van der Waals surface area contributed by atoms with Crippen LogP contribution in [0.5, 0.6) is 5.75 Å². The zero-order valence-electron chi connectivity index (χ0n) is 18.9. The summed E-state index contributed by atoms with van der Waals surface area (Å²) >= 11 is 0. The number of hydrogen-bond donors (Lipinski definition) is 5. The van der Waals surface area contributed by atoms with Crippen LogP contribution in [-0.4, -0.2) is 113 Å². The summed E-state index contributed by atoms with van der Waals surface area (Å²) in [6.45, 7) is 0.316. The Bertz CT molecular complexity index is 883. The van der Waals surface area contributed by atoms with Crippen LogP contribution in [0.4, 0.5) is 15.3 Å². The summed E-state index contributed by atoms with van der Waals surface area (Å²) in [5.41, 5.74) is 6.50. The summed E-state index contributed by atoms with van der Waals surface area (Å²) in [7, 11) is 4.28. The number of carboxylic acid groups (broad SMARTS) is 1. The molecule has 1 aromatic carbocycles. The monoisotopic (exact) mass is 487 g/mol. The molecule has 1 aliphatic heterocycles. The second kappa shape index (κ2) is 11.7. The average molecular weight is 487 g/mol. The molecule has 14 nitrogen and oxygen atoms in total. The zero-order chi connectivity index (χ0) is 25.6. The van der Waals surface area contributed by atoms with E-state index in [2.05, 4.69) is 4.74 Å². The summed E-state index contributed by atoms with van der Waals surface area (Å²) < 4.78 is 20.2. The van der Waals surface area contributed by atoms with Crippen molar-refractivity contribution in [1.82, 2.24) is 9.80 Å². The largest absolute Gasteiger partial charge is 0.479 e. The fourth-order valence-corrected chi connectivity index (χ4v) is 2.96. The minimum atomic E-state index is -1.85. The van der Waals surface area contributed by atoms with Crippen molar-refractivity contribution < 1.29 is 53.8 Å². The maximum atomic E-state index is 12.1. The van der Waals surface area contributed by atoms with Gasteiger partial charge in [0.2, 0.25) is 6.29 Å². The predicted molar refractivity (Wildman–Crippen MR) is 114 cm³/mol. The number of benzene rings is 1. The van der Waals surface area contributed by atoms with E-state index in [4.69, 9.17) is 25.1 Å². The van der Waals surface area contributed by atoms with E-state index in [-0.39, 0.29) is 31.1 Å². The molecule has 2 rings (SSSR count). The minimum Gasteiger partial charge on any atom is -0.479 e. The van der Waals surface area contributed by atoms with E-state index in [0.717, 1.165) is 0 Å². The quantitative estimate of drug-likeness (QED) is 0.275. The molecule has 0 spiro atoms. The Morgan fingerprint density at radius 1 is 1.03 bits per heavy atom. The van der Waals surface area contributed by atoms with Gasteiger partial charge in [0, 0.05) is 27.2 Å². The van der Waals surface area contributed by atoms with E-state index < -0.39 is 48.9 Å². The van der Waals surface area contributed by atoms with Crippen LogP contribution in [0.1, 0.15) is 5.56 Å². The standard InChI is InChI=1S/C20H29N3O11/c1-22(19(29)31-3)6-7-23(2)20(30)32-9-10-4-5-12(11(21)8-10)33-18-15(26)13(24)14(25)16(34-18)17(27)28/h4-5,8,13-16,18,24-26H,6-7,9,21H2,1-3H3,(H,27,28). The number of aliphatic hydroxyl groups is 3. The minimum absolute atomic E-state index is 0.00909. The first-order chi connectivity index (χ1) is 16.0. The van der Waals surface area contributed by atoms with E-state index in [0.29, 0.717) is 5.56 Å². The normalized spacial score (nSPS) is 24.1. The number of aliphatic carboxylic acids is 1. The Labute approximate surface area is 195 Å². The van der Waals surface area contributed by atoms with Crippen LogP contribution in [0.15, 0.2) is 18.2 Å². The lowest BCUT2D eigenvalue weighted by Gasteiger charge is -2.38. The molecule has 5 atom stereocenters. The third-order valence-corrected chi connectivity index (χ3v) is 5.06. The van der Waals surface area contributed by atoms with Crippen LogP contribution in [0, 0.1) is 0 Å². The Hall–Kier alpha value is -3.33. The van der Waals surface area contributed by atoms with Crippen LogP contribution < -0.4 is 10.5 Å². The molecular weight excluding hydrogens is 458 g/mol. The summed E-state index contributed by atoms with van der Waals surface area (Å²) in [5, 5.41) is 38.7. The number of likely N-dealkylation sites (N-methyl/N-ethyl adjacent to an activating group) is 2. The molecule has 1 fully saturated rings. The van der Waals surface area contributed by atoms with Crippen molar-refractivity contribution in [2.24, 2.45) is 0 Å². The number of methoxy groups -OCH3 is 1. The molecule has 190 valence electrons. The first-order valence-electron chi connectivity index (χ1n) is 10.1. The van der Waals surface area contributed by atoms with Gasteiger partial charge in [0.15, 0.2) is 6.10 Å². The van der Waals surface area contributed by atoms with Gasteiger partial charge in [0.25, 0.3) is 0 Å². The molecule has 34 heavy (non-hydrogen) atoms. The van der Waals surface area contributed by atoms with Crippen molar-refractivity contribution in [3.63, 3.8) is 0 Å². The van der Waals surface area contributed by atoms with Crippen molar-refractivity contribution in [2.45, 2.75) is 37.3 Å². The topological polar surface area (TPSA) is 202 Å². The highest BCUT2D eigenvalue weighted by Crippen LogP contribution is 2.29. The highest BCUT2D eigenvalue weighted by atomic mass is 16.7. The summed E-state index contributed by atoms with van der Waals surface area (Å²) in [4.78, 5) is 37.3. The summed E-state index contributed by atoms with van der Waals surface area (Å²) in [6.07, 6.45) is -9.99. The van der Waals surface area contributed by atoms with Crippen molar-refractivity contribution >= 4 is 23.8 Å². The van der Waals surface area contributed by atoms with Gasteiger partial charge in [-0.3, -0.25) is 0 Å². The first kappa shape index (κ1) is 26.9. The smallest absolute Gasteiger partial charge is 0.409 e. The van der Waals surface area contributed by atoms with Crippen LogP contribution in [0.25, 0.3) is 0 Å². The molecule has 0 radical (unpaired) electrons. The zero-order valence-corrected chi connectivity index (χ0v) is 18.9. The number of carbonyl (C=O) groups excluding carboxylic acids is 2. The lowest BCUT2D eigenvalue weighted by Crippen LogP contribution is -2.61. The second-order valence-electron chi connectivity index (χ2n) is 7.59. The lowest BCUT2D eigenvalue weighted by molar-refractivity contribution is -0.271. The first-order valence-corrected chi connectivity index (χ1v) is 10.1. The highest BCUT2D eigenvalue weighted by Gasteiger charge is 2.48. The molecule has 5 unspecified atom stereocenters. The predicted octanol–water partition coefficient (Wildman–Crippen LogP) is -1.19. The molecule has 0 bridgehead atoms. The van der Waals surface area contributed by atoms with Gasteiger partial charge < -0.3 is 54.9 Å². The fourth-order valence-electron chi connectivity index (χ4n) is 2.96. The number of hydrogen-bond acceptors (Lipinski definition) is 11. The molecular formula is C20H29N3O11. The van der Waals surface area contributed by atoms with E-state index in [1.807, 2.05) is 0 Å². The van der Waals surface area contributed by atoms with Gasteiger partial charge in [-0.15, -0.1) is 0 Å².